The molecule has 0 bridgehead atoms. The highest BCUT2D eigenvalue weighted by Crippen LogP contribution is 2.32. The van der Waals surface area contributed by atoms with Crippen molar-refractivity contribution in [3.63, 3.8) is 0 Å². The fourth-order valence-corrected chi connectivity index (χ4v) is 4.03. The van der Waals surface area contributed by atoms with Gasteiger partial charge < -0.3 is 10.1 Å². The molecule has 3 aromatic heterocycles. The second-order valence-electron chi connectivity index (χ2n) is 6.26. The summed E-state index contributed by atoms with van der Waals surface area (Å²) in [4.78, 5) is 4.89. The van der Waals surface area contributed by atoms with Crippen molar-refractivity contribution in [3.8, 4) is 0 Å². The van der Waals surface area contributed by atoms with Crippen molar-refractivity contribution in [1.29, 1.82) is 0 Å². The van der Waals surface area contributed by atoms with Crippen LogP contribution in [0.25, 0.3) is 21.8 Å². The maximum Gasteiger partial charge on any atom is 0.175 e. The van der Waals surface area contributed by atoms with Crippen LogP contribution in [0.3, 0.4) is 0 Å². The van der Waals surface area contributed by atoms with E-state index < -0.39 is 9.84 Å². The zero-order chi connectivity index (χ0) is 19.9. The van der Waals surface area contributed by atoms with Gasteiger partial charge in [-0.05, 0) is 34.1 Å². The van der Waals surface area contributed by atoms with Crippen LogP contribution in [0.1, 0.15) is 0 Å². The number of aromatic nitrogens is 5. The van der Waals surface area contributed by atoms with Gasteiger partial charge in [0.1, 0.15) is 10.1 Å². The van der Waals surface area contributed by atoms with E-state index in [0.717, 1.165) is 15.7 Å². The third-order valence-corrected chi connectivity index (χ3v) is 6.28. The Morgan fingerprint density at radius 3 is 2.86 bits per heavy atom. The molecule has 0 amide bonds. The molecule has 146 valence electrons. The van der Waals surface area contributed by atoms with E-state index in [1.54, 1.807) is 42.4 Å². The van der Waals surface area contributed by atoms with Gasteiger partial charge in [0, 0.05) is 24.1 Å². The van der Waals surface area contributed by atoms with Gasteiger partial charge in [0.2, 0.25) is 0 Å². The zero-order valence-corrected chi connectivity index (χ0v) is 17.5. The molecule has 0 aliphatic heterocycles. The number of hydrogen-bond acceptors (Lipinski definition) is 7. The van der Waals surface area contributed by atoms with Crippen LogP contribution >= 0.6 is 15.9 Å². The Balaban J connectivity index is 1.80. The molecule has 0 saturated heterocycles. The minimum absolute atomic E-state index is 0.243. The van der Waals surface area contributed by atoms with Crippen molar-refractivity contribution in [2.75, 3.05) is 25.3 Å². The molecule has 1 aromatic carbocycles. The van der Waals surface area contributed by atoms with Gasteiger partial charge in [-0.15, -0.1) is 0 Å². The van der Waals surface area contributed by atoms with Gasteiger partial charge in [-0.25, -0.2) is 13.4 Å². The summed E-state index contributed by atoms with van der Waals surface area (Å²) in [5.41, 5.74) is 2.08. The lowest BCUT2D eigenvalue weighted by molar-refractivity contribution is 0.183. The number of anilines is 2. The van der Waals surface area contributed by atoms with Gasteiger partial charge in [0.15, 0.2) is 15.7 Å². The first-order chi connectivity index (χ1) is 13.4. The molecule has 0 unspecified atom stereocenters. The third kappa shape index (κ3) is 3.36. The molecule has 0 aliphatic rings. The number of sulfone groups is 1. The van der Waals surface area contributed by atoms with E-state index in [2.05, 4.69) is 41.5 Å². The van der Waals surface area contributed by atoms with Gasteiger partial charge >= 0.3 is 0 Å². The molecule has 0 atom stereocenters. The predicted molar refractivity (Wildman–Crippen MR) is 110 cm³/mol. The number of benzene rings is 1. The summed E-state index contributed by atoms with van der Waals surface area (Å²) in [5, 5.41) is 16.1. The summed E-state index contributed by atoms with van der Waals surface area (Å²) in [5.74, 6) is 0.569. The number of H-pyrrole nitrogens is 1. The van der Waals surface area contributed by atoms with Crippen LogP contribution < -0.4 is 5.32 Å². The average Bonchev–Trinajstić information content (AvgIpc) is 3.27. The predicted octanol–water partition coefficient (Wildman–Crippen LogP) is 2.86. The molecule has 0 saturated carbocycles. The Morgan fingerprint density at radius 2 is 2.11 bits per heavy atom. The Labute approximate surface area is 169 Å². The lowest BCUT2D eigenvalue weighted by Crippen LogP contribution is -2.06. The van der Waals surface area contributed by atoms with E-state index in [4.69, 9.17) is 4.74 Å². The van der Waals surface area contributed by atoms with Crippen LogP contribution in [-0.4, -0.2) is 53.4 Å². The Hall–Kier alpha value is -2.50. The molecule has 0 spiro atoms. The third-order valence-electron chi connectivity index (χ3n) is 4.33. The number of ether oxygens (including phenoxy) is 1. The fourth-order valence-electron chi connectivity index (χ4n) is 2.91. The van der Waals surface area contributed by atoms with Crippen LogP contribution in [0.15, 0.2) is 40.1 Å². The van der Waals surface area contributed by atoms with E-state index in [0.29, 0.717) is 35.4 Å². The number of fused-ring (bicyclic) bond motifs is 3. The second-order valence-corrected chi connectivity index (χ2v) is 9.03. The van der Waals surface area contributed by atoms with E-state index in [1.807, 2.05) is 0 Å². The zero-order valence-electron chi connectivity index (χ0n) is 15.1. The lowest BCUT2D eigenvalue weighted by Gasteiger charge is -2.09. The SMILES string of the molecule is COCCn1ncc(Nc2nc3ccc(S(C)(=O)=O)cc3c3cn[nH]c23)c1Br. The monoisotopic (exact) mass is 464 g/mol. The van der Waals surface area contributed by atoms with Crippen LogP contribution in [0.2, 0.25) is 0 Å². The van der Waals surface area contributed by atoms with Crippen LogP contribution in [0.5, 0.6) is 0 Å². The van der Waals surface area contributed by atoms with Crippen molar-refractivity contribution in [3.05, 3.63) is 35.2 Å². The number of methoxy groups -OCH3 is 1. The van der Waals surface area contributed by atoms with Crippen molar-refractivity contribution < 1.29 is 13.2 Å². The molecule has 28 heavy (non-hydrogen) atoms. The van der Waals surface area contributed by atoms with Gasteiger partial charge in [-0.1, -0.05) is 0 Å². The number of nitrogens with one attached hydrogen (secondary N) is 2. The summed E-state index contributed by atoms with van der Waals surface area (Å²) < 4.78 is 31.4. The molecule has 2 N–H and O–H groups in total. The van der Waals surface area contributed by atoms with E-state index >= 15 is 0 Å². The molecular formula is C17H17BrN6O3S. The second kappa shape index (κ2) is 7.15. The average molecular weight is 465 g/mol. The number of aromatic amines is 1. The summed E-state index contributed by atoms with van der Waals surface area (Å²) in [6.45, 7) is 1.15. The van der Waals surface area contributed by atoms with Gasteiger partial charge in [0.25, 0.3) is 0 Å². The molecule has 4 rings (SSSR count). The topological polar surface area (TPSA) is 115 Å². The number of halogens is 1. The number of pyridine rings is 1. The standard InChI is InChI=1S/C17H17BrN6O3S/c1-27-6-5-24-16(18)14(9-20-24)22-17-15-12(8-19-23-15)11-7-10(28(2,25)26)3-4-13(11)21-17/h3-4,7-9H,5-6H2,1-2H3,(H,19,23)(H,21,22). The summed E-state index contributed by atoms with van der Waals surface area (Å²) >= 11 is 3.54. The van der Waals surface area contributed by atoms with E-state index in [9.17, 15) is 8.42 Å². The largest absolute Gasteiger partial charge is 0.383 e. The normalized spacial score (nSPS) is 12.1. The van der Waals surface area contributed by atoms with Gasteiger partial charge in [-0.2, -0.15) is 10.2 Å². The fraction of sp³-hybridized carbons (Fsp3) is 0.235. The van der Waals surface area contributed by atoms with Crippen LogP contribution in [-0.2, 0) is 21.1 Å². The molecule has 9 nitrogen and oxygen atoms in total. The molecular weight excluding hydrogens is 448 g/mol. The highest BCUT2D eigenvalue weighted by Gasteiger charge is 2.16. The van der Waals surface area contributed by atoms with Crippen molar-refractivity contribution in [2.24, 2.45) is 0 Å². The highest BCUT2D eigenvalue weighted by molar-refractivity contribution is 9.10. The van der Waals surface area contributed by atoms with Crippen LogP contribution in [0, 0.1) is 0 Å². The molecule has 0 radical (unpaired) electrons. The Kier molecular flexibility index (Phi) is 4.81. The first kappa shape index (κ1) is 18.8. The number of nitrogens with zero attached hydrogens (tertiary/aromatic N) is 4. The summed E-state index contributed by atoms with van der Waals surface area (Å²) in [6, 6.07) is 4.87. The Bertz CT molecular complexity index is 1280. The molecule has 0 fully saturated rings. The first-order valence-corrected chi connectivity index (χ1v) is 11.0. The first-order valence-electron chi connectivity index (χ1n) is 8.32. The molecule has 4 aromatic rings. The minimum Gasteiger partial charge on any atom is -0.383 e. The minimum atomic E-state index is -3.32. The molecule has 3 heterocycles. The van der Waals surface area contributed by atoms with Crippen LogP contribution in [0.4, 0.5) is 11.5 Å². The van der Waals surface area contributed by atoms with Crippen molar-refractivity contribution in [1.82, 2.24) is 25.0 Å². The molecule has 0 aliphatic carbocycles. The van der Waals surface area contributed by atoms with Crippen molar-refractivity contribution in [2.45, 2.75) is 11.4 Å². The lowest BCUT2D eigenvalue weighted by atomic mass is 10.1. The van der Waals surface area contributed by atoms with Crippen molar-refractivity contribution >= 4 is 59.1 Å². The maximum atomic E-state index is 11.9. The Morgan fingerprint density at radius 1 is 1.29 bits per heavy atom. The molecule has 11 heteroatoms. The maximum absolute atomic E-state index is 11.9. The van der Waals surface area contributed by atoms with Gasteiger partial charge in [0.05, 0.1) is 41.6 Å². The highest BCUT2D eigenvalue weighted by atomic mass is 79.9. The number of rotatable bonds is 6. The smallest absolute Gasteiger partial charge is 0.175 e. The summed E-state index contributed by atoms with van der Waals surface area (Å²) in [7, 11) is -1.68. The van der Waals surface area contributed by atoms with E-state index in [-0.39, 0.29) is 4.90 Å². The number of hydrogen-bond donors (Lipinski definition) is 2. The summed E-state index contributed by atoms with van der Waals surface area (Å²) in [6.07, 6.45) is 4.54. The van der Waals surface area contributed by atoms with E-state index in [1.165, 1.54) is 6.26 Å². The van der Waals surface area contributed by atoms with Gasteiger partial charge in [-0.3, -0.25) is 9.78 Å². The quantitative estimate of drug-likeness (QED) is 0.450.